The highest BCUT2D eigenvalue weighted by Crippen LogP contribution is 2.05. The fourth-order valence-electron chi connectivity index (χ4n) is 3.25. The molecule has 0 saturated heterocycles. The predicted molar refractivity (Wildman–Crippen MR) is 134 cm³/mol. The molecule has 1 aromatic heterocycles. The number of hydrogen-bond acceptors (Lipinski definition) is 9. The number of aliphatic carboxylic acids is 1. The Morgan fingerprint density at radius 2 is 1.62 bits per heavy atom. The van der Waals surface area contributed by atoms with E-state index in [2.05, 4.69) is 30.9 Å². The lowest BCUT2D eigenvalue weighted by molar-refractivity contribution is -0.143. The highest BCUT2D eigenvalue weighted by molar-refractivity contribution is 5.94. The van der Waals surface area contributed by atoms with Crippen LogP contribution in [0.5, 0.6) is 0 Å². The molecule has 16 nitrogen and oxygen atoms in total. The van der Waals surface area contributed by atoms with Gasteiger partial charge in [-0.15, -0.1) is 0 Å². The van der Waals surface area contributed by atoms with Crippen molar-refractivity contribution in [1.29, 1.82) is 0 Å². The van der Waals surface area contributed by atoms with Crippen LogP contribution in [-0.4, -0.2) is 93.7 Å². The maximum Gasteiger partial charge on any atom is 0.328 e. The second kappa shape index (κ2) is 16.8. The Bertz CT molecular complexity index is 890. The van der Waals surface area contributed by atoms with E-state index < -0.39 is 54.5 Å². The minimum atomic E-state index is -1.57. The monoisotopic (exact) mass is 526 g/mol. The number of aliphatic imine (C=N–C) groups is 1. The molecule has 0 bridgehead atoms. The van der Waals surface area contributed by atoms with E-state index in [9.17, 15) is 24.3 Å². The second-order valence-electron chi connectivity index (χ2n) is 8.33. The Labute approximate surface area is 214 Å². The molecule has 0 aliphatic heterocycles. The summed E-state index contributed by atoms with van der Waals surface area (Å²) in [4.78, 5) is 60.4. The molecule has 4 unspecified atom stereocenters. The molecular formula is C21H38N10O6. The SMILES string of the molecule is NCCCCC(N)C(=O)NC(Cc1cnc[nH]1)C(=O)NC(CCCN=C(N)N)C(=O)NC(CO)C(=O)O. The van der Waals surface area contributed by atoms with Gasteiger partial charge in [0.2, 0.25) is 17.7 Å². The number of carbonyl (C=O) groups excluding carboxylic acids is 3. The summed E-state index contributed by atoms with van der Waals surface area (Å²) in [5, 5.41) is 25.7. The molecule has 16 heteroatoms. The summed E-state index contributed by atoms with van der Waals surface area (Å²) in [5.41, 5.74) is 22.6. The third-order valence-electron chi connectivity index (χ3n) is 5.29. The van der Waals surface area contributed by atoms with E-state index in [1.54, 1.807) is 0 Å². The number of H-pyrrole nitrogens is 1. The number of carbonyl (C=O) groups is 4. The van der Waals surface area contributed by atoms with Crippen LogP contribution in [-0.2, 0) is 25.6 Å². The number of carboxylic acids is 1. The Morgan fingerprint density at radius 3 is 2.19 bits per heavy atom. The summed E-state index contributed by atoms with van der Waals surface area (Å²) in [6.45, 7) is -0.239. The zero-order valence-corrected chi connectivity index (χ0v) is 20.6. The van der Waals surface area contributed by atoms with E-state index >= 15 is 0 Å². The molecule has 208 valence electrons. The summed E-state index contributed by atoms with van der Waals surface area (Å²) >= 11 is 0. The average Bonchev–Trinajstić information content (AvgIpc) is 3.36. The van der Waals surface area contributed by atoms with E-state index in [0.717, 1.165) is 0 Å². The van der Waals surface area contributed by atoms with Crippen molar-refractivity contribution in [1.82, 2.24) is 25.9 Å². The van der Waals surface area contributed by atoms with Crippen LogP contribution in [0.3, 0.4) is 0 Å². The molecule has 0 fully saturated rings. The van der Waals surface area contributed by atoms with Crippen LogP contribution in [0.15, 0.2) is 17.5 Å². The maximum atomic E-state index is 13.2. The van der Waals surface area contributed by atoms with Crippen molar-refractivity contribution in [2.45, 2.75) is 62.7 Å². The van der Waals surface area contributed by atoms with Gasteiger partial charge < -0.3 is 54.1 Å². The van der Waals surface area contributed by atoms with Crippen LogP contribution >= 0.6 is 0 Å². The van der Waals surface area contributed by atoms with Gasteiger partial charge in [-0.3, -0.25) is 19.4 Å². The van der Waals surface area contributed by atoms with Crippen LogP contribution in [0, 0.1) is 0 Å². The normalized spacial score (nSPS) is 14.0. The quantitative estimate of drug-likeness (QED) is 0.0499. The molecular weight excluding hydrogens is 488 g/mol. The standard InChI is InChI=1S/C21H38N10O6/c22-6-2-1-4-13(23)17(33)30-15(8-12-9-26-11-28-12)19(35)29-14(5-3-7-27-21(24)25)18(34)31-16(10-32)20(36)37/h9,11,13-16,32H,1-8,10,22-23H2,(H,26,28)(H,29,35)(H,30,33)(H,31,34)(H,36,37)(H4,24,25,27). The minimum Gasteiger partial charge on any atom is -0.480 e. The molecule has 37 heavy (non-hydrogen) atoms. The maximum absolute atomic E-state index is 13.2. The van der Waals surface area contributed by atoms with Gasteiger partial charge in [-0.25, -0.2) is 9.78 Å². The summed E-state index contributed by atoms with van der Waals surface area (Å²) in [7, 11) is 0. The number of guanidine groups is 1. The van der Waals surface area contributed by atoms with Gasteiger partial charge in [0.05, 0.1) is 19.0 Å². The number of aromatic amines is 1. The van der Waals surface area contributed by atoms with Gasteiger partial charge in [0.25, 0.3) is 0 Å². The summed E-state index contributed by atoms with van der Waals surface area (Å²) in [6.07, 6.45) is 4.90. The number of nitrogens with zero attached hydrogens (tertiary/aromatic N) is 2. The zero-order chi connectivity index (χ0) is 27.8. The van der Waals surface area contributed by atoms with Gasteiger partial charge in [-0.2, -0.15) is 0 Å². The van der Waals surface area contributed by atoms with E-state index in [1.807, 2.05) is 0 Å². The van der Waals surface area contributed by atoms with Crippen LogP contribution in [0.4, 0.5) is 0 Å². The molecule has 14 N–H and O–H groups in total. The number of hydrogen-bond donors (Lipinski definition) is 10. The van der Waals surface area contributed by atoms with Gasteiger partial charge in [-0.1, -0.05) is 6.42 Å². The van der Waals surface area contributed by atoms with Crippen molar-refractivity contribution in [3.8, 4) is 0 Å². The predicted octanol–water partition coefficient (Wildman–Crippen LogP) is -4.01. The first-order valence-electron chi connectivity index (χ1n) is 11.8. The summed E-state index contributed by atoms with van der Waals surface area (Å²) in [5.74, 6) is -3.72. The number of carboxylic acid groups (broad SMARTS) is 1. The van der Waals surface area contributed by atoms with Crippen molar-refractivity contribution < 1.29 is 29.4 Å². The van der Waals surface area contributed by atoms with Crippen molar-refractivity contribution in [3.63, 3.8) is 0 Å². The Morgan fingerprint density at radius 1 is 0.973 bits per heavy atom. The third-order valence-corrected chi connectivity index (χ3v) is 5.29. The van der Waals surface area contributed by atoms with Gasteiger partial charge in [0, 0.05) is 24.9 Å². The van der Waals surface area contributed by atoms with Crippen molar-refractivity contribution >= 4 is 29.7 Å². The van der Waals surface area contributed by atoms with E-state index in [4.69, 9.17) is 28.0 Å². The number of amides is 3. The number of nitrogens with two attached hydrogens (primary N) is 4. The first kappa shape index (κ1) is 31.3. The molecule has 0 spiro atoms. The molecule has 0 aliphatic carbocycles. The lowest BCUT2D eigenvalue weighted by Gasteiger charge is -2.25. The number of aromatic nitrogens is 2. The summed E-state index contributed by atoms with van der Waals surface area (Å²) < 4.78 is 0. The molecule has 0 radical (unpaired) electrons. The highest BCUT2D eigenvalue weighted by atomic mass is 16.4. The molecule has 0 saturated carbocycles. The zero-order valence-electron chi connectivity index (χ0n) is 20.6. The second-order valence-corrected chi connectivity index (χ2v) is 8.33. The number of rotatable bonds is 18. The minimum absolute atomic E-state index is 0.0177. The number of unbranched alkanes of at least 4 members (excludes halogenated alkanes) is 1. The van der Waals surface area contributed by atoms with Crippen LogP contribution in [0.2, 0.25) is 0 Å². The molecule has 0 aromatic carbocycles. The smallest absolute Gasteiger partial charge is 0.328 e. The lowest BCUT2D eigenvalue weighted by atomic mass is 10.1. The van der Waals surface area contributed by atoms with E-state index in [1.165, 1.54) is 12.5 Å². The van der Waals surface area contributed by atoms with Gasteiger partial charge in [-0.05, 0) is 32.2 Å². The fourth-order valence-corrected chi connectivity index (χ4v) is 3.25. The molecule has 4 atom stereocenters. The van der Waals surface area contributed by atoms with Crippen LogP contribution in [0.25, 0.3) is 0 Å². The molecule has 1 heterocycles. The topological polar surface area (TPSA) is 290 Å². The number of nitrogens with one attached hydrogen (secondary N) is 4. The number of aliphatic hydroxyl groups is 1. The van der Waals surface area contributed by atoms with Crippen molar-refractivity contribution in [3.05, 3.63) is 18.2 Å². The van der Waals surface area contributed by atoms with Crippen molar-refractivity contribution in [2.75, 3.05) is 19.7 Å². The molecule has 3 amide bonds. The molecule has 0 aliphatic rings. The summed E-state index contributed by atoms with van der Waals surface area (Å²) in [6, 6.07) is -4.79. The van der Waals surface area contributed by atoms with Crippen LogP contribution in [0.1, 0.15) is 37.8 Å². The molecule has 1 aromatic rings. The van der Waals surface area contributed by atoms with E-state index in [-0.39, 0.29) is 31.8 Å². The average molecular weight is 527 g/mol. The van der Waals surface area contributed by atoms with E-state index in [0.29, 0.717) is 31.5 Å². The Hall–Kier alpha value is -3.76. The Kier molecular flexibility index (Phi) is 14.2. The lowest BCUT2D eigenvalue weighted by Crippen LogP contribution is -2.58. The number of aliphatic hydroxyl groups excluding tert-OH is 1. The number of imidazole rings is 1. The molecule has 1 rings (SSSR count). The van der Waals surface area contributed by atoms with Gasteiger partial charge in [0.15, 0.2) is 5.96 Å². The largest absolute Gasteiger partial charge is 0.480 e. The highest BCUT2D eigenvalue weighted by Gasteiger charge is 2.30. The Balaban J connectivity index is 3.02. The fraction of sp³-hybridized carbons (Fsp3) is 0.619. The van der Waals surface area contributed by atoms with Crippen LogP contribution < -0.4 is 38.9 Å². The van der Waals surface area contributed by atoms with Gasteiger partial charge >= 0.3 is 5.97 Å². The third kappa shape index (κ3) is 12.2. The first-order chi connectivity index (χ1) is 17.6. The van der Waals surface area contributed by atoms with Gasteiger partial charge in [0.1, 0.15) is 18.1 Å². The van der Waals surface area contributed by atoms with Crippen molar-refractivity contribution in [2.24, 2.45) is 27.9 Å². The first-order valence-corrected chi connectivity index (χ1v) is 11.8.